The van der Waals surface area contributed by atoms with Crippen molar-refractivity contribution in [2.45, 2.75) is 37.8 Å². The Morgan fingerprint density at radius 1 is 1.12 bits per heavy atom. The van der Waals surface area contributed by atoms with Crippen molar-refractivity contribution >= 4 is 40.3 Å². The number of nitrogens with one attached hydrogen (secondary N) is 2. The quantitative estimate of drug-likeness (QED) is 0.398. The third-order valence-electron chi connectivity index (χ3n) is 6.55. The molecule has 2 heterocycles. The largest absolute Gasteiger partial charge is 0.481 e. The minimum atomic E-state index is -1.10. The number of nitrogens with zero attached hydrogens (tertiary/aromatic N) is 1. The summed E-state index contributed by atoms with van der Waals surface area (Å²) in [5.41, 5.74) is 7.07. The van der Waals surface area contributed by atoms with Crippen LogP contribution in [0.5, 0.6) is 0 Å². The summed E-state index contributed by atoms with van der Waals surface area (Å²) in [5.74, 6) is -4.55. The van der Waals surface area contributed by atoms with E-state index in [1.165, 1.54) is 0 Å². The van der Waals surface area contributed by atoms with Gasteiger partial charge in [0.1, 0.15) is 6.04 Å². The number of carboxylic acid groups (broad SMARTS) is 2. The first-order chi connectivity index (χ1) is 15.8. The molecule has 10 heteroatoms. The van der Waals surface area contributed by atoms with Gasteiger partial charge in [-0.3, -0.25) is 24.1 Å². The first-order valence-electron chi connectivity index (χ1n) is 10.9. The van der Waals surface area contributed by atoms with Crippen molar-refractivity contribution in [3.8, 4) is 0 Å². The number of carbonyl (C=O) groups is 4. The zero-order valence-electron chi connectivity index (χ0n) is 17.9. The number of allylic oxidation sites excluding steroid dienone is 2. The van der Waals surface area contributed by atoms with Crippen molar-refractivity contribution in [3.63, 3.8) is 0 Å². The topological polar surface area (TPSA) is 166 Å². The van der Waals surface area contributed by atoms with Crippen LogP contribution >= 0.6 is 0 Å². The lowest BCUT2D eigenvalue weighted by Gasteiger charge is -2.28. The SMILES string of the molecule is NC(=O)C1CCCN1C(C(=O)O)c1c[nH]c2ccc(NC(=O)C3CC=CCC3C(=O)O)cc12. The average molecular weight is 454 g/mol. The molecule has 1 aliphatic heterocycles. The number of rotatable bonds is 7. The fourth-order valence-corrected chi connectivity index (χ4v) is 4.92. The molecule has 4 unspecified atom stereocenters. The van der Waals surface area contributed by atoms with Crippen LogP contribution in [0, 0.1) is 11.8 Å². The second-order valence-corrected chi connectivity index (χ2v) is 8.53. The van der Waals surface area contributed by atoms with Gasteiger partial charge in [0.05, 0.1) is 17.9 Å². The van der Waals surface area contributed by atoms with E-state index in [0.29, 0.717) is 54.4 Å². The number of hydrogen-bond donors (Lipinski definition) is 5. The molecule has 33 heavy (non-hydrogen) atoms. The maximum Gasteiger partial charge on any atom is 0.325 e. The molecule has 4 rings (SSSR count). The molecule has 0 radical (unpaired) electrons. The Morgan fingerprint density at radius 3 is 2.52 bits per heavy atom. The molecule has 1 aromatic carbocycles. The van der Waals surface area contributed by atoms with Gasteiger partial charge in [-0.2, -0.15) is 0 Å². The third-order valence-corrected chi connectivity index (χ3v) is 6.55. The van der Waals surface area contributed by atoms with Crippen LogP contribution in [0.1, 0.15) is 37.3 Å². The summed E-state index contributed by atoms with van der Waals surface area (Å²) in [6.07, 6.45) is 6.98. The molecule has 1 aliphatic carbocycles. The van der Waals surface area contributed by atoms with Gasteiger partial charge in [-0.05, 0) is 43.9 Å². The Labute approximate surface area is 189 Å². The molecule has 1 fully saturated rings. The fraction of sp³-hybridized carbons (Fsp3) is 0.391. The fourth-order valence-electron chi connectivity index (χ4n) is 4.92. The van der Waals surface area contributed by atoms with Crippen molar-refractivity contribution in [2.75, 3.05) is 11.9 Å². The van der Waals surface area contributed by atoms with Crippen LogP contribution in [-0.2, 0) is 19.2 Å². The number of aromatic nitrogens is 1. The molecule has 0 spiro atoms. The predicted octanol–water partition coefficient (Wildman–Crippen LogP) is 1.85. The van der Waals surface area contributed by atoms with Crippen LogP contribution in [0.15, 0.2) is 36.5 Å². The van der Waals surface area contributed by atoms with Crippen molar-refractivity contribution in [1.29, 1.82) is 0 Å². The van der Waals surface area contributed by atoms with Crippen molar-refractivity contribution in [2.24, 2.45) is 17.6 Å². The highest BCUT2D eigenvalue weighted by Crippen LogP contribution is 2.35. The highest BCUT2D eigenvalue weighted by atomic mass is 16.4. The van der Waals surface area contributed by atoms with E-state index in [4.69, 9.17) is 5.73 Å². The van der Waals surface area contributed by atoms with E-state index >= 15 is 0 Å². The van der Waals surface area contributed by atoms with Gasteiger partial charge in [0.2, 0.25) is 11.8 Å². The third kappa shape index (κ3) is 4.34. The summed E-state index contributed by atoms with van der Waals surface area (Å²) in [4.78, 5) is 53.1. The van der Waals surface area contributed by atoms with E-state index in [2.05, 4.69) is 10.3 Å². The van der Waals surface area contributed by atoms with Crippen molar-refractivity contribution < 1.29 is 29.4 Å². The van der Waals surface area contributed by atoms with Crippen LogP contribution in [0.2, 0.25) is 0 Å². The molecule has 2 aromatic rings. The van der Waals surface area contributed by atoms with E-state index in [9.17, 15) is 29.4 Å². The lowest BCUT2D eigenvalue weighted by Crippen LogP contribution is -2.44. The smallest absolute Gasteiger partial charge is 0.325 e. The Kier molecular flexibility index (Phi) is 6.19. The van der Waals surface area contributed by atoms with Crippen LogP contribution in [0.3, 0.4) is 0 Å². The summed E-state index contributed by atoms with van der Waals surface area (Å²) in [6, 6.07) is 3.32. The van der Waals surface area contributed by atoms with E-state index in [0.717, 1.165) is 0 Å². The van der Waals surface area contributed by atoms with Crippen LogP contribution in [0.4, 0.5) is 5.69 Å². The van der Waals surface area contributed by atoms with E-state index in [1.807, 2.05) is 0 Å². The van der Waals surface area contributed by atoms with Gasteiger partial charge in [-0.1, -0.05) is 12.2 Å². The molecular weight excluding hydrogens is 428 g/mol. The molecule has 4 atom stereocenters. The van der Waals surface area contributed by atoms with Gasteiger partial charge in [0.15, 0.2) is 0 Å². The summed E-state index contributed by atoms with van der Waals surface area (Å²) in [7, 11) is 0. The van der Waals surface area contributed by atoms with Crippen LogP contribution < -0.4 is 11.1 Å². The highest BCUT2D eigenvalue weighted by Gasteiger charge is 2.40. The number of carboxylic acids is 2. The van der Waals surface area contributed by atoms with Crippen molar-refractivity contribution in [3.05, 3.63) is 42.1 Å². The number of aliphatic carboxylic acids is 2. The molecule has 10 nitrogen and oxygen atoms in total. The molecule has 6 N–H and O–H groups in total. The molecular formula is C23H26N4O6. The minimum absolute atomic E-state index is 0.297. The van der Waals surface area contributed by atoms with Gasteiger partial charge in [0, 0.05) is 34.9 Å². The number of benzene rings is 1. The second kappa shape index (κ2) is 9.07. The van der Waals surface area contributed by atoms with Crippen LogP contribution in [0.25, 0.3) is 10.9 Å². The normalized spacial score (nSPS) is 23.9. The molecule has 1 saturated heterocycles. The zero-order valence-corrected chi connectivity index (χ0v) is 17.9. The maximum absolute atomic E-state index is 12.8. The predicted molar refractivity (Wildman–Crippen MR) is 119 cm³/mol. The molecule has 174 valence electrons. The molecule has 0 bridgehead atoms. The summed E-state index contributed by atoms with van der Waals surface area (Å²) < 4.78 is 0. The number of likely N-dealkylation sites (tertiary alicyclic amines) is 1. The Morgan fingerprint density at radius 2 is 1.85 bits per heavy atom. The van der Waals surface area contributed by atoms with Gasteiger partial charge in [-0.25, -0.2) is 0 Å². The highest BCUT2D eigenvalue weighted by molar-refractivity contribution is 5.98. The molecule has 1 aromatic heterocycles. The lowest BCUT2D eigenvalue weighted by atomic mass is 9.82. The first kappa shape index (κ1) is 22.5. The number of H-pyrrole nitrogens is 1. The van der Waals surface area contributed by atoms with Crippen LogP contribution in [-0.4, -0.2) is 56.4 Å². The molecule has 0 saturated carbocycles. The van der Waals surface area contributed by atoms with Gasteiger partial charge in [-0.15, -0.1) is 0 Å². The standard InChI is InChI=1S/C23H26N4O6/c24-20(28)18-6-3-9-27(18)19(23(32)33)16-11-25-17-8-7-12(10-15(16)17)26-21(29)13-4-1-2-5-14(13)22(30)31/h1-2,7-8,10-11,13-14,18-19,25H,3-6,9H2,(H2,24,28)(H,26,29)(H,30,31)(H,32,33). The first-order valence-corrected chi connectivity index (χ1v) is 10.9. The maximum atomic E-state index is 12.8. The summed E-state index contributed by atoms with van der Waals surface area (Å²) >= 11 is 0. The summed E-state index contributed by atoms with van der Waals surface area (Å²) in [6.45, 7) is 0.430. The Bertz CT molecular complexity index is 1140. The van der Waals surface area contributed by atoms with E-state index < -0.39 is 47.7 Å². The van der Waals surface area contributed by atoms with Gasteiger partial charge >= 0.3 is 11.9 Å². The Hall–Kier alpha value is -3.66. The second-order valence-electron chi connectivity index (χ2n) is 8.53. The minimum Gasteiger partial charge on any atom is -0.481 e. The number of primary amides is 1. The number of carbonyl (C=O) groups excluding carboxylic acids is 2. The average Bonchev–Trinajstić information content (AvgIpc) is 3.42. The van der Waals surface area contributed by atoms with Gasteiger partial charge in [0.25, 0.3) is 0 Å². The van der Waals surface area contributed by atoms with Gasteiger partial charge < -0.3 is 26.2 Å². The monoisotopic (exact) mass is 454 g/mol. The van der Waals surface area contributed by atoms with Crippen molar-refractivity contribution in [1.82, 2.24) is 9.88 Å². The lowest BCUT2D eigenvalue weighted by molar-refractivity contribution is -0.146. The number of hydrogen-bond acceptors (Lipinski definition) is 5. The Balaban J connectivity index is 1.64. The molecule has 2 aliphatic rings. The number of aromatic amines is 1. The number of anilines is 1. The summed E-state index contributed by atoms with van der Waals surface area (Å²) in [5, 5.41) is 22.8. The number of fused-ring (bicyclic) bond motifs is 1. The number of amides is 2. The zero-order chi connectivity index (χ0) is 23.7. The number of nitrogens with two attached hydrogens (primary N) is 1. The van der Waals surface area contributed by atoms with E-state index in [-0.39, 0.29) is 0 Å². The molecule has 2 amide bonds. The van der Waals surface area contributed by atoms with E-state index in [1.54, 1.807) is 41.4 Å².